The number of unbranched alkanes of at least 4 members (excludes halogenated alkanes) is 25. The van der Waals surface area contributed by atoms with Crippen molar-refractivity contribution in [1.29, 1.82) is 0 Å². The van der Waals surface area contributed by atoms with Crippen LogP contribution >= 0.6 is 0 Å². The van der Waals surface area contributed by atoms with Crippen molar-refractivity contribution in [1.82, 2.24) is 5.32 Å². The number of nitrogens with one attached hydrogen (secondary N) is 1. The first-order valence-electron chi connectivity index (χ1n) is 31.4. The molecule has 16 nitrogen and oxygen atoms in total. The number of aliphatic hydroxyl groups is 2. The molecule has 0 rings (SSSR count). The maximum Gasteiger partial charge on any atom is 0.362 e. The molecule has 0 aromatic carbocycles. The van der Waals surface area contributed by atoms with Crippen molar-refractivity contribution in [2.75, 3.05) is 80.7 Å². The first-order valence-corrected chi connectivity index (χ1v) is 31.4. The van der Waals surface area contributed by atoms with Gasteiger partial charge >= 0.3 is 29.8 Å². The van der Waals surface area contributed by atoms with Gasteiger partial charge in [0.1, 0.15) is 38.5 Å². The number of nitrogens with zero attached hydrogens (tertiary/aromatic N) is 2. The highest BCUT2D eigenvalue weighted by Crippen LogP contribution is 2.21. The van der Waals surface area contributed by atoms with Crippen LogP contribution in [0.25, 0.3) is 0 Å². The lowest BCUT2D eigenvalue weighted by Crippen LogP contribution is -3.00. The molecule has 0 aromatic rings. The number of hydrogen-bond acceptors (Lipinski definition) is 13. The molecule has 0 bridgehead atoms. The van der Waals surface area contributed by atoms with Gasteiger partial charge in [-0.05, 0) is 64.2 Å². The highest BCUT2D eigenvalue weighted by Gasteiger charge is 2.29. The number of hydrogen-bond donors (Lipinski definition) is 3. The van der Waals surface area contributed by atoms with E-state index in [-0.39, 0.29) is 86.9 Å². The van der Waals surface area contributed by atoms with Crippen LogP contribution in [0.1, 0.15) is 259 Å². The minimum Gasteiger partial charge on any atom is -1.00 e. The SMILES string of the molecule is CCCCCC(OC(=O)C[N+](C)(C)CCOC(C)=O)C(O)CCCCCCCCCCC(=O)NCCCCCCCCCCOC(=O)CCCCCCCCCCC(O)C(CCCCC)OC(=O)C[N+](C)(C)CCOC(C)=O.[Cl-].[Cl-]. The van der Waals surface area contributed by atoms with Gasteiger partial charge in [0.05, 0.1) is 47.0 Å². The highest BCUT2D eigenvalue weighted by atomic mass is 35.5. The zero-order valence-electron chi connectivity index (χ0n) is 52.0. The van der Waals surface area contributed by atoms with E-state index >= 15 is 0 Å². The van der Waals surface area contributed by atoms with Crippen molar-refractivity contribution in [2.45, 2.75) is 283 Å². The maximum atomic E-state index is 12.8. The summed E-state index contributed by atoms with van der Waals surface area (Å²) >= 11 is 0. The zero-order chi connectivity index (χ0) is 58.1. The quantitative estimate of drug-likeness (QED) is 0.0296. The van der Waals surface area contributed by atoms with Gasteiger partial charge in [0.2, 0.25) is 5.91 Å². The number of likely N-dealkylation sites (N-methyl/N-ethyl adjacent to an activating group) is 2. The molecule has 0 aromatic heterocycles. The predicted octanol–water partition coefficient (Wildman–Crippen LogP) is 5.56. The molecule has 4 unspecified atom stereocenters. The molecule has 0 saturated heterocycles. The number of amides is 1. The molecule has 0 fully saturated rings. The summed E-state index contributed by atoms with van der Waals surface area (Å²) in [5, 5.41) is 25.0. The van der Waals surface area contributed by atoms with Crippen LogP contribution in [-0.4, -0.2) is 160 Å². The summed E-state index contributed by atoms with van der Waals surface area (Å²) in [6.07, 6.45) is 32.8. The van der Waals surface area contributed by atoms with E-state index in [4.69, 9.17) is 23.7 Å². The normalized spacial score (nSPS) is 13.0. The molecule has 0 aliphatic rings. The Morgan fingerprint density at radius 3 is 1.12 bits per heavy atom. The molecule has 1 amide bonds. The van der Waals surface area contributed by atoms with Crippen LogP contribution in [0.2, 0.25) is 0 Å². The topological polar surface area (TPSA) is 201 Å². The number of carbonyl (C=O) groups excluding carboxylic acids is 6. The minimum atomic E-state index is -0.677. The highest BCUT2D eigenvalue weighted by molar-refractivity contribution is 5.75. The monoisotopic (exact) mass is 1180 g/mol. The van der Waals surface area contributed by atoms with Crippen molar-refractivity contribution < 1.29 is 96.4 Å². The number of aliphatic hydroxyl groups excluding tert-OH is 2. The Labute approximate surface area is 499 Å². The molecular weight excluding hydrogens is 1070 g/mol. The van der Waals surface area contributed by atoms with Crippen molar-refractivity contribution in [3.63, 3.8) is 0 Å². The third kappa shape index (κ3) is 53.3. The van der Waals surface area contributed by atoms with Gasteiger partial charge in [-0.25, -0.2) is 9.59 Å². The molecule has 0 aliphatic carbocycles. The lowest BCUT2D eigenvalue weighted by molar-refractivity contribution is -0.883. The van der Waals surface area contributed by atoms with E-state index < -0.39 is 24.4 Å². The maximum absolute atomic E-state index is 12.8. The first kappa shape index (κ1) is 81.5. The summed E-state index contributed by atoms with van der Waals surface area (Å²) in [6, 6.07) is 0. The van der Waals surface area contributed by atoms with Crippen molar-refractivity contribution in [3.05, 3.63) is 0 Å². The van der Waals surface area contributed by atoms with Gasteiger partial charge in [-0.2, -0.15) is 0 Å². The van der Waals surface area contributed by atoms with Crippen LogP contribution in [0.5, 0.6) is 0 Å². The number of quaternary nitrogens is 2. The molecule has 80 heavy (non-hydrogen) atoms. The summed E-state index contributed by atoms with van der Waals surface area (Å²) < 4.78 is 27.9. The van der Waals surface area contributed by atoms with Gasteiger partial charge in [0, 0.05) is 33.2 Å². The van der Waals surface area contributed by atoms with Gasteiger partial charge in [-0.1, -0.05) is 168 Å². The standard InChI is InChI=1S/C62H118N3O13.2ClH/c1-9-11-31-41-57(77-61(72)51-64(5,6)46-49-74-53(3)66)55(68)39-33-25-19-13-15-21-27-35-43-59(70)63-45-37-29-23-17-18-24-30-38-48-76-60(71)44-36-28-22-16-14-20-26-34-40-56(69)58(42-32-12-10-2)78-62(73)52-65(7,8)47-50-75-54(4)67;;/h55-58,68-69H,9-52H2,1-8H3;2*1H/q+1;;/p-1. The molecule has 3 N–H and O–H groups in total. The second-order valence-electron chi connectivity index (χ2n) is 23.6. The summed E-state index contributed by atoms with van der Waals surface area (Å²) in [6.45, 7) is 10.0. The average Bonchev–Trinajstić information content (AvgIpc) is 3.36. The third-order valence-corrected chi connectivity index (χ3v) is 14.7. The second-order valence-corrected chi connectivity index (χ2v) is 23.6. The first-order chi connectivity index (χ1) is 37.3. The van der Waals surface area contributed by atoms with Crippen LogP contribution in [0.15, 0.2) is 0 Å². The molecule has 4 atom stereocenters. The average molecular weight is 1190 g/mol. The number of rotatable bonds is 55. The van der Waals surface area contributed by atoms with Gasteiger partial charge in [0.15, 0.2) is 13.1 Å². The summed E-state index contributed by atoms with van der Waals surface area (Å²) in [7, 11) is 7.59. The lowest BCUT2D eigenvalue weighted by Gasteiger charge is -2.30. The summed E-state index contributed by atoms with van der Waals surface area (Å²) in [5.41, 5.74) is 0. The Kier molecular flexibility index (Phi) is 55.2. The lowest BCUT2D eigenvalue weighted by atomic mass is 10.00. The van der Waals surface area contributed by atoms with Crippen molar-refractivity contribution in [3.8, 4) is 0 Å². The second kappa shape index (κ2) is 54.2. The van der Waals surface area contributed by atoms with Crippen LogP contribution < -0.4 is 30.1 Å². The number of carbonyl (C=O) groups is 6. The Morgan fingerprint density at radius 2 is 0.738 bits per heavy atom. The third-order valence-electron chi connectivity index (χ3n) is 14.7. The Morgan fingerprint density at radius 1 is 0.400 bits per heavy atom. The Hall–Kier alpha value is -2.76. The van der Waals surface area contributed by atoms with E-state index in [1.165, 1.54) is 33.1 Å². The van der Waals surface area contributed by atoms with E-state index in [0.29, 0.717) is 67.2 Å². The molecule has 0 spiro atoms. The minimum absolute atomic E-state index is 0. The van der Waals surface area contributed by atoms with Gasteiger partial charge in [0.25, 0.3) is 0 Å². The Bertz CT molecular complexity index is 1430. The Balaban J connectivity index is -0.0000296. The molecule has 0 radical (unpaired) electrons. The largest absolute Gasteiger partial charge is 1.00 e. The van der Waals surface area contributed by atoms with Gasteiger partial charge in [-0.15, -0.1) is 0 Å². The predicted molar refractivity (Wildman–Crippen MR) is 310 cm³/mol. The number of ether oxygens (including phenoxy) is 5. The van der Waals surface area contributed by atoms with E-state index in [2.05, 4.69) is 19.2 Å². The molecular formula is C62H119Cl2N3O13. The van der Waals surface area contributed by atoms with Gasteiger partial charge < -0.3 is 73.0 Å². The molecule has 0 aliphatic heterocycles. The van der Waals surface area contributed by atoms with Crippen LogP contribution in [0, 0.1) is 0 Å². The molecule has 18 heteroatoms. The van der Waals surface area contributed by atoms with E-state index in [1.807, 2.05) is 28.2 Å². The fourth-order valence-electron chi connectivity index (χ4n) is 9.61. The zero-order valence-corrected chi connectivity index (χ0v) is 53.5. The van der Waals surface area contributed by atoms with Crippen LogP contribution in [0.3, 0.4) is 0 Å². The van der Waals surface area contributed by atoms with Crippen molar-refractivity contribution in [2.24, 2.45) is 0 Å². The number of halogens is 2. The smallest absolute Gasteiger partial charge is 0.362 e. The van der Waals surface area contributed by atoms with Crippen LogP contribution in [0.4, 0.5) is 0 Å². The van der Waals surface area contributed by atoms with Gasteiger partial charge in [-0.3, -0.25) is 19.2 Å². The molecule has 0 saturated carbocycles. The summed E-state index contributed by atoms with van der Waals surface area (Å²) in [5.74, 6) is -1.29. The molecule has 0 heterocycles. The fourth-order valence-corrected chi connectivity index (χ4v) is 9.61. The van der Waals surface area contributed by atoms with Crippen LogP contribution in [-0.2, 0) is 52.5 Å². The van der Waals surface area contributed by atoms with E-state index in [1.54, 1.807) is 0 Å². The summed E-state index contributed by atoms with van der Waals surface area (Å²) in [4.78, 5) is 72.4. The number of esters is 5. The van der Waals surface area contributed by atoms with E-state index in [0.717, 1.165) is 180 Å². The molecule has 474 valence electrons. The van der Waals surface area contributed by atoms with Crippen molar-refractivity contribution >= 4 is 35.8 Å². The fraction of sp³-hybridized carbons (Fsp3) is 0.903. The van der Waals surface area contributed by atoms with E-state index in [9.17, 15) is 39.0 Å².